The van der Waals surface area contributed by atoms with E-state index in [1.807, 2.05) is 74.5 Å². The highest BCUT2D eigenvalue weighted by Crippen LogP contribution is 2.36. The summed E-state index contributed by atoms with van der Waals surface area (Å²) in [4.78, 5) is 0. The van der Waals surface area contributed by atoms with Crippen molar-refractivity contribution in [3.63, 3.8) is 0 Å². The summed E-state index contributed by atoms with van der Waals surface area (Å²) in [5.41, 5.74) is 12.6. The molecule has 6 aromatic carbocycles. The number of aromatic hydroxyl groups is 1. The highest BCUT2D eigenvalue weighted by atomic mass is 16.3. The maximum Gasteiger partial charge on any atom is 0.123 e. The monoisotopic (exact) mass is 581 g/mol. The summed E-state index contributed by atoms with van der Waals surface area (Å²) in [6.45, 7) is 3.93. The lowest BCUT2D eigenvalue weighted by molar-refractivity contribution is 0.473. The number of phenolic OH excluding ortho intramolecular Hbond substituents is 1. The number of hydrogen-bond acceptors (Lipinski definition) is 2. The van der Waals surface area contributed by atoms with Crippen LogP contribution >= 0.6 is 0 Å². The fourth-order valence-electron chi connectivity index (χ4n) is 5.79. The van der Waals surface area contributed by atoms with Gasteiger partial charge in [-0.1, -0.05) is 152 Å². The number of rotatable bonds is 8. The molecule has 0 aliphatic heterocycles. The van der Waals surface area contributed by atoms with Crippen molar-refractivity contribution in [2.45, 2.75) is 13.8 Å². The van der Waals surface area contributed by atoms with Gasteiger partial charge in [0.2, 0.25) is 0 Å². The van der Waals surface area contributed by atoms with Gasteiger partial charge in [0.1, 0.15) is 5.75 Å². The molecule has 0 spiro atoms. The second-order valence-electron chi connectivity index (χ2n) is 11.1. The van der Waals surface area contributed by atoms with Crippen molar-refractivity contribution >= 4 is 11.3 Å². The lowest BCUT2D eigenvalue weighted by Crippen LogP contribution is -2.04. The van der Waals surface area contributed by atoms with Gasteiger partial charge in [-0.3, -0.25) is 5.41 Å². The number of phenols is 1. The summed E-state index contributed by atoms with van der Waals surface area (Å²) in [5, 5.41) is 20.1. The summed E-state index contributed by atoms with van der Waals surface area (Å²) >= 11 is 0. The molecule has 2 nitrogen and oxygen atoms in total. The van der Waals surface area contributed by atoms with Gasteiger partial charge >= 0.3 is 0 Å². The third-order valence-corrected chi connectivity index (χ3v) is 8.23. The first-order valence-corrected chi connectivity index (χ1v) is 15.2. The molecular weight excluding hydrogens is 546 g/mol. The number of allylic oxidation sites excluding steroid dienone is 4. The zero-order valence-corrected chi connectivity index (χ0v) is 25.5. The van der Waals surface area contributed by atoms with Crippen LogP contribution < -0.4 is 0 Å². The molecule has 0 heterocycles. The van der Waals surface area contributed by atoms with E-state index in [0.29, 0.717) is 11.3 Å². The largest absolute Gasteiger partial charge is 0.507 e. The maximum absolute atomic E-state index is 11.0. The number of benzene rings is 6. The molecule has 45 heavy (non-hydrogen) atoms. The molecule has 0 radical (unpaired) electrons. The van der Waals surface area contributed by atoms with Gasteiger partial charge < -0.3 is 5.11 Å². The first kappa shape index (κ1) is 29.3. The molecule has 0 atom stereocenters. The average Bonchev–Trinajstić information content (AvgIpc) is 3.11. The van der Waals surface area contributed by atoms with E-state index in [2.05, 4.69) is 97.1 Å². The van der Waals surface area contributed by atoms with Crippen LogP contribution in [-0.2, 0) is 0 Å². The standard InChI is InChI=1S/C43H35NO/c1-3-12-38(43(44)36-25-21-32(22-26-36)31-13-6-4-7-14-31)30(2)41-29-37(27-28-42(41)45)33-19-23-35(24-20-33)40-18-11-10-17-39(40)34-15-8-5-9-16-34/h3-29,44-45H,1-2H3/b12-3-,38-30-,44-43?. The van der Waals surface area contributed by atoms with E-state index in [1.54, 1.807) is 6.07 Å². The number of nitrogens with one attached hydrogen (secondary N) is 1. The molecule has 0 saturated carbocycles. The van der Waals surface area contributed by atoms with E-state index in [1.165, 1.54) is 16.7 Å². The van der Waals surface area contributed by atoms with E-state index in [9.17, 15) is 5.11 Å². The topological polar surface area (TPSA) is 44.1 Å². The Bertz CT molecular complexity index is 2000. The minimum atomic E-state index is 0.193. The van der Waals surface area contributed by atoms with Crippen LogP contribution in [0.15, 0.2) is 169 Å². The van der Waals surface area contributed by atoms with Crippen molar-refractivity contribution < 1.29 is 5.11 Å². The molecule has 6 aromatic rings. The van der Waals surface area contributed by atoms with Gasteiger partial charge in [-0.2, -0.15) is 0 Å². The first-order valence-electron chi connectivity index (χ1n) is 15.2. The second kappa shape index (κ2) is 13.3. The highest BCUT2D eigenvalue weighted by Gasteiger charge is 2.15. The van der Waals surface area contributed by atoms with Crippen molar-refractivity contribution in [2.75, 3.05) is 0 Å². The minimum Gasteiger partial charge on any atom is -0.507 e. The Morgan fingerprint density at radius 2 is 0.978 bits per heavy atom. The molecular formula is C43H35NO. The fourth-order valence-corrected chi connectivity index (χ4v) is 5.79. The average molecular weight is 582 g/mol. The van der Waals surface area contributed by atoms with Crippen molar-refractivity contribution in [1.82, 2.24) is 0 Å². The molecule has 0 saturated heterocycles. The van der Waals surface area contributed by atoms with Crippen molar-refractivity contribution in [1.29, 1.82) is 5.41 Å². The van der Waals surface area contributed by atoms with Gasteiger partial charge in [-0.25, -0.2) is 0 Å². The Morgan fingerprint density at radius 3 is 1.58 bits per heavy atom. The van der Waals surface area contributed by atoms with E-state index in [-0.39, 0.29) is 5.75 Å². The highest BCUT2D eigenvalue weighted by molar-refractivity contribution is 6.17. The van der Waals surface area contributed by atoms with Gasteiger partial charge in [-0.15, -0.1) is 0 Å². The van der Waals surface area contributed by atoms with Crippen LogP contribution in [0.1, 0.15) is 25.0 Å². The van der Waals surface area contributed by atoms with E-state index in [4.69, 9.17) is 5.41 Å². The quantitative estimate of drug-likeness (QED) is 0.136. The minimum absolute atomic E-state index is 0.193. The van der Waals surface area contributed by atoms with Crippen LogP contribution in [0, 0.1) is 5.41 Å². The lowest BCUT2D eigenvalue weighted by atomic mass is 9.90. The molecule has 0 aliphatic carbocycles. The van der Waals surface area contributed by atoms with Crippen molar-refractivity contribution in [3.05, 3.63) is 181 Å². The zero-order valence-electron chi connectivity index (χ0n) is 25.5. The third kappa shape index (κ3) is 6.32. The van der Waals surface area contributed by atoms with E-state index < -0.39 is 0 Å². The predicted molar refractivity (Wildman–Crippen MR) is 191 cm³/mol. The molecule has 218 valence electrons. The van der Waals surface area contributed by atoms with Crippen LogP contribution in [0.25, 0.3) is 50.1 Å². The van der Waals surface area contributed by atoms with E-state index in [0.717, 1.165) is 44.5 Å². The van der Waals surface area contributed by atoms with Crippen molar-refractivity contribution in [2.24, 2.45) is 0 Å². The van der Waals surface area contributed by atoms with E-state index >= 15 is 0 Å². The Labute approximate surface area is 265 Å². The van der Waals surface area contributed by atoms with Crippen LogP contribution in [0.4, 0.5) is 0 Å². The Balaban J connectivity index is 1.32. The van der Waals surface area contributed by atoms with Gasteiger partial charge in [0.05, 0.1) is 5.71 Å². The molecule has 6 rings (SSSR count). The maximum atomic E-state index is 11.0. The Morgan fingerprint density at radius 1 is 0.533 bits per heavy atom. The molecule has 0 unspecified atom stereocenters. The van der Waals surface area contributed by atoms with Gasteiger partial charge in [0.25, 0.3) is 0 Å². The molecule has 0 bridgehead atoms. The summed E-state index contributed by atoms with van der Waals surface area (Å²) in [6, 6.07) is 51.6. The summed E-state index contributed by atoms with van der Waals surface area (Å²) in [7, 11) is 0. The number of hydrogen-bond donors (Lipinski definition) is 2. The summed E-state index contributed by atoms with van der Waals surface area (Å²) in [5.74, 6) is 0.193. The first-order chi connectivity index (χ1) is 22.0. The van der Waals surface area contributed by atoms with Gasteiger partial charge in [0.15, 0.2) is 0 Å². The fraction of sp³-hybridized carbons (Fsp3) is 0.0465. The molecule has 0 aliphatic rings. The molecule has 0 amide bonds. The Hall–Kier alpha value is -5.73. The smallest absolute Gasteiger partial charge is 0.123 e. The second-order valence-corrected chi connectivity index (χ2v) is 11.1. The lowest BCUT2D eigenvalue weighted by Gasteiger charge is -2.15. The van der Waals surface area contributed by atoms with Crippen molar-refractivity contribution in [3.8, 4) is 50.3 Å². The molecule has 0 fully saturated rings. The molecule has 0 aromatic heterocycles. The normalized spacial score (nSPS) is 11.8. The van der Waals surface area contributed by atoms with Crippen LogP contribution in [0.3, 0.4) is 0 Å². The van der Waals surface area contributed by atoms with Crippen LogP contribution in [-0.4, -0.2) is 10.8 Å². The summed E-state index contributed by atoms with van der Waals surface area (Å²) < 4.78 is 0. The SMILES string of the molecule is C/C=C\C(C(=N)c1ccc(-c2ccccc2)cc1)=C(/C)c1cc(-c2ccc(-c3ccccc3-c3ccccc3)cc2)ccc1O. The molecule has 2 heteroatoms. The Kier molecular flexibility index (Phi) is 8.66. The third-order valence-electron chi connectivity index (χ3n) is 8.23. The van der Waals surface area contributed by atoms with Gasteiger partial charge in [-0.05, 0) is 76.1 Å². The van der Waals surface area contributed by atoms with Crippen LogP contribution in [0.5, 0.6) is 5.75 Å². The van der Waals surface area contributed by atoms with Crippen LogP contribution in [0.2, 0.25) is 0 Å². The predicted octanol–water partition coefficient (Wildman–Crippen LogP) is 11.5. The zero-order chi connectivity index (χ0) is 31.2. The summed E-state index contributed by atoms with van der Waals surface area (Å²) in [6.07, 6.45) is 3.90. The molecule has 2 N–H and O–H groups in total. The van der Waals surface area contributed by atoms with Gasteiger partial charge in [0, 0.05) is 16.7 Å².